The Morgan fingerprint density at radius 3 is 2.24 bits per heavy atom. The zero-order valence-corrected chi connectivity index (χ0v) is 14.2. The molecule has 0 aromatic heterocycles. The third kappa shape index (κ3) is 4.89. The first-order valence-electron chi connectivity index (χ1n) is 6.68. The molecule has 110 valence electrons. The van der Waals surface area contributed by atoms with Crippen molar-refractivity contribution < 1.29 is 9.53 Å². The van der Waals surface area contributed by atoms with Gasteiger partial charge in [0.15, 0.2) is 0 Å². The standard InChI is InChI=1S/C17H17ClO2Se/c1-20-16(19)12-15(21-14-10-6-3-7-11-14)17(18)13-8-4-2-5-9-13/h2-11,15,17H,12H2,1H3/t15-,17-/m1/s1. The minimum absolute atomic E-state index is 0.0661. The van der Waals surface area contributed by atoms with Crippen LogP contribution in [0.5, 0.6) is 0 Å². The molecular weight excluding hydrogens is 351 g/mol. The Labute approximate surface area is 136 Å². The molecule has 0 heterocycles. The van der Waals surface area contributed by atoms with Gasteiger partial charge >= 0.3 is 136 Å². The molecule has 4 heteroatoms. The summed E-state index contributed by atoms with van der Waals surface area (Å²) in [5.41, 5.74) is 1.05. The van der Waals surface area contributed by atoms with Crippen LogP contribution in [0.2, 0.25) is 4.82 Å². The van der Waals surface area contributed by atoms with Crippen LogP contribution in [-0.2, 0) is 9.53 Å². The van der Waals surface area contributed by atoms with Crippen LogP contribution >= 0.6 is 11.6 Å². The topological polar surface area (TPSA) is 26.3 Å². The average molecular weight is 368 g/mol. The van der Waals surface area contributed by atoms with Gasteiger partial charge in [0.05, 0.1) is 0 Å². The maximum atomic E-state index is 11.7. The Hall–Kier alpha value is -1.28. The molecule has 0 aliphatic carbocycles. The third-order valence-corrected chi connectivity index (χ3v) is 6.66. The van der Waals surface area contributed by atoms with Crippen LogP contribution in [-0.4, -0.2) is 28.0 Å². The molecule has 2 aromatic rings. The molecule has 2 nitrogen and oxygen atoms in total. The molecule has 0 amide bonds. The van der Waals surface area contributed by atoms with Gasteiger partial charge in [0.2, 0.25) is 0 Å². The van der Waals surface area contributed by atoms with Gasteiger partial charge in [-0.3, -0.25) is 0 Å². The molecule has 0 saturated carbocycles. The monoisotopic (exact) mass is 368 g/mol. The second-order valence-electron chi connectivity index (χ2n) is 4.56. The Kier molecular flexibility index (Phi) is 6.31. The van der Waals surface area contributed by atoms with E-state index in [4.69, 9.17) is 16.3 Å². The quantitative estimate of drug-likeness (QED) is 0.444. The first-order valence-corrected chi connectivity index (χ1v) is 8.96. The van der Waals surface area contributed by atoms with Crippen LogP contribution in [0, 0.1) is 0 Å². The molecule has 0 radical (unpaired) electrons. The molecule has 0 fully saturated rings. The van der Waals surface area contributed by atoms with Crippen LogP contribution in [0.15, 0.2) is 60.7 Å². The van der Waals surface area contributed by atoms with Crippen molar-refractivity contribution in [3.63, 3.8) is 0 Å². The van der Waals surface area contributed by atoms with Gasteiger partial charge in [0.1, 0.15) is 0 Å². The van der Waals surface area contributed by atoms with Crippen molar-refractivity contribution in [1.29, 1.82) is 0 Å². The van der Waals surface area contributed by atoms with Crippen molar-refractivity contribution in [3.05, 3.63) is 66.2 Å². The van der Waals surface area contributed by atoms with Gasteiger partial charge in [-0.2, -0.15) is 0 Å². The molecule has 21 heavy (non-hydrogen) atoms. The number of halogens is 1. The molecule has 0 aliphatic rings. The number of rotatable bonds is 6. The van der Waals surface area contributed by atoms with Crippen LogP contribution in [0.1, 0.15) is 17.4 Å². The fourth-order valence-corrected chi connectivity index (χ4v) is 4.91. The number of carbonyl (C=O) groups excluding carboxylic acids is 1. The summed E-state index contributed by atoms with van der Waals surface area (Å²) >= 11 is 6.74. The van der Waals surface area contributed by atoms with Crippen molar-refractivity contribution in [2.45, 2.75) is 16.6 Å². The van der Waals surface area contributed by atoms with Crippen molar-refractivity contribution in [3.8, 4) is 0 Å². The van der Waals surface area contributed by atoms with Gasteiger partial charge in [-0.15, -0.1) is 0 Å². The fourth-order valence-electron chi connectivity index (χ4n) is 1.98. The molecule has 2 rings (SSSR count). The summed E-state index contributed by atoms with van der Waals surface area (Å²) in [6, 6.07) is 20.1. The maximum absolute atomic E-state index is 11.7. The van der Waals surface area contributed by atoms with E-state index in [-0.39, 0.29) is 31.1 Å². The number of ether oxygens (including phenoxy) is 1. The zero-order valence-electron chi connectivity index (χ0n) is 11.7. The molecule has 0 unspecified atom stereocenters. The summed E-state index contributed by atoms with van der Waals surface area (Å²) in [6.45, 7) is 0. The number of carbonyl (C=O) groups is 1. The van der Waals surface area contributed by atoms with E-state index in [9.17, 15) is 4.79 Å². The van der Waals surface area contributed by atoms with E-state index in [1.807, 2.05) is 48.5 Å². The van der Waals surface area contributed by atoms with E-state index < -0.39 is 0 Å². The number of methoxy groups -OCH3 is 1. The summed E-state index contributed by atoms with van der Waals surface area (Å²) in [4.78, 5) is 11.7. The summed E-state index contributed by atoms with van der Waals surface area (Å²) in [5, 5.41) is -0.189. The van der Waals surface area contributed by atoms with Crippen molar-refractivity contribution >= 4 is 37.0 Å². The Bertz CT molecular complexity index is 560. The van der Waals surface area contributed by atoms with Crippen molar-refractivity contribution in [2.24, 2.45) is 0 Å². The second kappa shape index (κ2) is 8.23. The molecule has 0 aliphatic heterocycles. The summed E-state index contributed by atoms with van der Waals surface area (Å²) in [7, 11) is 1.42. The number of alkyl halides is 1. The fraction of sp³-hybridized carbons (Fsp3) is 0.235. The molecule has 2 atom stereocenters. The van der Waals surface area contributed by atoms with E-state index in [1.54, 1.807) is 0 Å². The normalized spacial score (nSPS) is 13.4. The van der Waals surface area contributed by atoms with E-state index in [1.165, 1.54) is 11.6 Å². The molecule has 0 saturated heterocycles. The minimum atomic E-state index is -0.209. The van der Waals surface area contributed by atoms with Gasteiger partial charge in [0.25, 0.3) is 0 Å². The second-order valence-corrected chi connectivity index (χ2v) is 7.79. The van der Waals surface area contributed by atoms with Crippen LogP contribution < -0.4 is 4.46 Å². The SMILES string of the molecule is COC(=O)C[C@@H]([Se]c1ccccc1)[C@H](Cl)c1ccccc1. The predicted octanol–water partition coefficient (Wildman–Crippen LogP) is 3.35. The van der Waals surface area contributed by atoms with Crippen LogP contribution in [0.3, 0.4) is 0 Å². The van der Waals surface area contributed by atoms with Gasteiger partial charge in [0, 0.05) is 0 Å². The van der Waals surface area contributed by atoms with Gasteiger partial charge < -0.3 is 0 Å². The average Bonchev–Trinajstić information content (AvgIpc) is 2.55. The number of esters is 1. The Morgan fingerprint density at radius 1 is 1.10 bits per heavy atom. The molecule has 0 spiro atoms. The van der Waals surface area contributed by atoms with Gasteiger partial charge in [-0.25, -0.2) is 0 Å². The number of benzene rings is 2. The molecular formula is C17H17ClO2Se. The molecule has 0 N–H and O–H groups in total. The van der Waals surface area contributed by atoms with Crippen LogP contribution in [0.4, 0.5) is 0 Å². The summed E-state index contributed by atoms with van der Waals surface area (Å²) in [6.07, 6.45) is 0.342. The first kappa shape index (κ1) is 16.1. The first-order chi connectivity index (χ1) is 10.2. The Morgan fingerprint density at radius 2 is 1.67 bits per heavy atom. The van der Waals surface area contributed by atoms with Crippen LogP contribution in [0.25, 0.3) is 0 Å². The van der Waals surface area contributed by atoms with E-state index in [2.05, 4.69) is 12.1 Å². The molecule has 0 bridgehead atoms. The van der Waals surface area contributed by atoms with Gasteiger partial charge in [-0.1, -0.05) is 0 Å². The van der Waals surface area contributed by atoms with E-state index in [0.717, 1.165) is 5.56 Å². The summed E-state index contributed by atoms with van der Waals surface area (Å²) < 4.78 is 6.05. The molecule has 2 aromatic carbocycles. The number of hydrogen-bond acceptors (Lipinski definition) is 2. The van der Waals surface area contributed by atoms with Crippen molar-refractivity contribution in [1.82, 2.24) is 0 Å². The van der Waals surface area contributed by atoms with E-state index >= 15 is 0 Å². The summed E-state index contributed by atoms with van der Waals surface area (Å²) in [5.74, 6) is -0.209. The third-order valence-electron chi connectivity index (χ3n) is 3.07. The Balaban J connectivity index is 2.17. The predicted molar refractivity (Wildman–Crippen MR) is 87.2 cm³/mol. The van der Waals surface area contributed by atoms with E-state index in [0.29, 0.717) is 6.42 Å². The number of hydrogen-bond donors (Lipinski definition) is 0. The zero-order chi connectivity index (χ0) is 15.1. The van der Waals surface area contributed by atoms with Gasteiger partial charge in [-0.05, 0) is 0 Å². The van der Waals surface area contributed by atoms with Crippen molar-refractivity contribution in [2.75, 3.05) is 7.11 Å².